The number of methoxy groups -OCH3 is 2. The van der Waals surface area contributed by atoms with Crippen molar-refractivity contribution >= 4 is 40.8 Å². The molecule has 0 atom stereocenters. The minimum Gasteiger partial charge on any atom is -0.493 e. The second-order valence-electron chi connectivity index (χ2n) is 5.96. The van der Waals surface area contributed by atoms with E-state index in [1.54, 1.807) is 49.1 Å². The minimum absolute atomic E-state index is 0.195. The first kappa shape index (κ1) is 20.0. The lowest BCUT2D eigenvalue weighted by Gasteiger charge is -2.07. The van der Waals surface area contributed by atoms with Crippen molar-refractivity contribution in [3.05, 3.63) is 64.0 Å². The van der Waals surface area contributed by atoms with E-state index >= 15 is 0 Å². The van der Waals surface area contributed by atoms with Gasteiger partial charge in [-0.25, -0.2) is 4.98 Å². The fourth-order valence-electron chi connectivity index (χ4n) is 2.70. The van der Waals surface area contributed by atoms with Gasteiger partial charge >= 0.3 is 0 Å². The number of benzene rings is 1. The molecule has 2 aromatic heterocycles. The number of nitrogens with zero attached hydrogens (tertiary/aromatic N) is 2. The van der Waals surface area contributed by atoms with E-state index in [2.05, 4.69) is 10.3 Å². The molecule has 0 fully saturated rings. The maximum absolute atomic E-state index is 12.0. The molecule has 28 heavy (non-hydrogen) atoms. The predicted octanol–water partition coefficient (Wildman–Crippen LogP) is 4.03. The lowest BCUT2D eigenvalue weighted by atomic mass is 10.2. The fraction of sp³-hybridized carbons (Fsp3) is 0.200. The average Bonchev–Trinajstić information content (AvgIpc) is 3.09. The van der Waals surface area contributed by atoms with Gasteiger partial charge in [0.05, 0.1) is 30.0 Å². The molecule has 6 nitrogen and oxygen atoms in total. The lowest BCUT2D eigenvalue weighted by Crippen LogP contribution is -2.23. The molecular formula is C20H19Cl2N3O3. The van der Waals surface area contributed by atoms with Gasteiger partial charge < -0.3 is 19.2 Å². The topological polar surface area (TPSA) is 64.9 Å². The molecule has 146 valence electrons. The van der Waals surface area contributed by atoms with Crippen LogP contribution in [0.4, 0.5) is 0 Å². The summed E-state index contributed by atoms with van der Waals surface area (Å²) in [5.41, 5.74) is 2.29. The van der Waals surface area contributed by atoms with Crippen molar-refractivity contribution in [3.63, 3.8) is 0 Å². The van der Waals surface area contributed by atoms with Crippen LogP contribution in [-0.4, -0.2) is 36.1 Å². The van der Waals surface area contributed by atoms with E-state index in [9.17, 15) is 4.79 Å². The standard InChI is InChI=1S/C20H19Cl2N3O3/c1-27-17-5-3-13(9-18(17)28-2)4-6-19(26)23-8-7-15-12-25-11-14(21)10-16(22)20(25)24-15/h3-6,9-12H,7-8H2,1-2H3,(H,23,26)/b6-4+. The Morgan fingerprint density at radius 1 is 1.18 bits per heavy atom. The summed E-state index contributed by atoms with van der Waals surface area (Å²) in [6, 6.07) is 7.08. The van der Waals surface area contributed by atoms with Gasteiger partial charge in [-0.3, -0.25) is 4.79 Å². The molecule has 0 aliphatic carbocycles. The largest absolute Gasteiger partial charge is 0.493 e. The van der Waals surface area contributed by atoms with E-state index in [4.69, 9.17) is 32.7 Å². The van der Waals surface area contributed by atoms with Gasteiger partial charge in [-0.1, -0.05) is 29.3 Å². The Bertz CT molecular complexity index is 1030. The number of imidazole rings is 1. The fourth-order valence-corrected chi connectivity index (χ4v) is 3.22. The monoisotopic (exact) mass is 419 g/mol. The van der Waals surface area contributed by atoms with Gasteiger partial charge in [0.2, 0.25) is 5.91 Å². The van der Waals surface area contributed by atoms with Crippen LogP contribution < -0.4 is 14.8 Å². The van der Waals surface area contributed by atoms with Crippen molar-refractivity contribution in [3.8, 4) is 11.5 Å². The minimum atomic E-state index is -0.195. The number of carbonyl (C=O) groups excluding carboxylic acids is 1. The first-order valence-electron chi connectivity index (χ1n) is 8.50. The average molecular weight is 420 g/mol. The number of fused-ring (bicyclic) bond motifs is 1. The number of hydrogen-bond acceptors (Lipinski definition) is 4. The van der Waals surface area contributed by atoms with Crippen molar-refractivity contribution < 1.29 is 14.3 Å². The number of pyridine rings is 1. The molecule has 0 bridgehead atoms. The highest BCUT2D eigenvalue weighted by Gasteiger charge is 2.07. The number of aromatic nitrogens is 2. The molecule has 3 aromatic rings. The quantitative estimate of drug-likeness (QED) is 0.587. The SMILES string of the molecule is COc1ccc(/C=C/C(=O)NCCc2cn3cc(Cl)cc(Cl)c3n2)cc1OC. The molecule has 0 radical (unpaired) electrons. The molecular weight excluding hydrogens is 401 g/mol. The number of ether oxygens (including phenoxy) is 2. The van der Waals surface area contributed by atoms with E-state index in [0.717, 1.165) is 11.3 Å². The number of amides is 1. The third-order valence-electron chi connectivity index (χ3n) is 4.04. The second kappa shape index (κ2) is 8.99. The second-order valence-corrected chi connectivity index (χ2v) is 6.80. The number of nitrogens with one attached hydrogen (secondary N) is 1. The Hall–Kier alpha value is -2.70. The number of rotatable bonds is 7. The third kappa shape index (κ3) is 4.77. The summed E-state index contributed by atoms with van der Waals surface area (Å²) >= 11 is 12.1. The Morgan fingerprint density at radius 2 is 1.96 bits per heavy atom. The maximum atomic E-state index is 12.0. The van der Waals surface area contributed by atoms with Crippen molar-refractivity contribution in [1.82, 2.24) is 14.7 Å². The van der Waals surface area contributed by atoms with E-state index in [1.165, 1.54) is 6.08 Å². The van der Waals surface area contributed by atoms with Crippen LogP contribution in [-0.2, 0) is 11.2 Å². The maximum Gasteiger partial charge on any atom is 0.244 e. The van der Waals surface area contributed by atoms with Crippen LogP contribution in [0.2, 0.25) is 10.0 Å². The number of hydrogen-bond donors (Lipinski definition) is 1. The van der Waals surface area contributed by atoms with Crippen LogP contribution in [0.5, 0.6) is 11.5 Å². The highest BCUT2D eigenvalue weighted by Crippen LogP contribution is 2.28. The van der Waals surface area contributed by atoms with Gasteiger partial charge in [-0.15, -0.1) is 0 Å². The summed E-state index contributed by atoms with van der Waals surface area (Å²) in [6.07, 6.45) is 7.35. The van der Waals surface area contributed by atoms with Gasteiger partial charge in [0.15, 0.2) is 17.1 Å². The summed E-state index contributed by atoms with van der Waals surface area (Å²) in [6.45, 7) is 0.449. The molecule has 2 heterocycles. The van der Waals surface area contributed by atoms with Crippen LogP contribution in [0.25, 0.3) is 11.7 Å². The summed E-state index contributed by atoms with van der Waals surface area (Å²) < 4.78 is 12.2. The van der Waals surface area contributed by atoms with E-state index in [1.807, 2.05) is 12.3 Å². The molecule has 0 aliphatic heterocycles. The summed E-state index contributed by atoms with van der Waals surface area (Å²) in [7, 11) is 3.14. The summed E-state index contributed by atoms with van der Waals surface area (Å²) in [5, 5.41) is 3.86. The molecule has 1 N–H and O–H groups in total. The zero-order valence-electron chi connectivity index (χ0n) is 15.4. The van der Waals surface area contributed by atoms with Gasteiger partial charge in [-0.2, -0.15) is 0 Å². The molecule has 1 aromatic carbocycles. The zero-order chi connectivity index (χ0) is 20.1. The molecule has 0 spiro atoms. The van der Waals surface area contributed by atoms with E-state index in [0.29, 0.717) is 40.2 Å². The molecule has 0 aliphatic rings. The molecule has 0 saturated heterocycles. The Morgan fingerprint density at radius 3 is 2.71 bits per heavy atom. The number of halogens is 2. The van der Waals surface area contributed by atoms with Crippen LogP contribution in [0.15, 0.2) is 42.7 Å². The molecule has 0 unspecified atom stereocenters. The van der Waals surface area contributed by atoms with E-state index in [-0.39, 0.29) is 5.91 Å². The normalized spacial score (nSPS) is 11.1. The molecule has 0 saturated carbocycles. The van der Waals surface area contributed by atoms with Gasteiger partial charge in [-0.05, 0) is 29.8 Å². The Labute approximate surface area is 172 Å². The molecule has 1 amide bonds. The third-order valence-corrected chi connectivity index (χ3v) is 4.52. The lowest BCUT2D eigenvalue weighted by molar-refractivity contribution is -0.116. The molecule has 3 rings (SSSR count). The Balaban J connectivity index is 1.56. The zero-order valence-corrected chi connectivity index (χ0v) is 16.9. The van der Waals surface area contributed by atoms with Gasteiger partial charge in [0.25, 0.3) is 0 Å². The summed E-state index contributed by atoms with van der Waals surface area (Å²) in [5.74, 6) is 1.05. The highest BCUT2D eigenvalue weighted by molar-refractivity contribution is 6.36. The predicted molar refractivity (Wildman–Crippen MR) is 111 cm³/mol. The Kier molecular flexibility index (Phi) is 6.44. The van der Waals surface area contributed by atoms with Gasteiger partial charge in [0.1, 0.15) is 0 Å². The van der Waals surface area contributed by atoms with Crippen LogP contribution in [0.1, 0.15) is 11.3 Å². The van der Waals surface area contributed by atoms with E-state index < -0.39 is 0 Å². The smallest absolute Gasteiger partial charge is 0.244 e. The van der Waals surface area contributed by atoms with Crippen molar-refractivity contribution in [1.29, 1.82) is 0 Å². The van der Waals surface area contributed by atoms with Crippen LogP contribution >= 0.6 is 23.2 Å². The van der Waals surface area contributed by atoms with Crippen molar-refractivity contribution in [2.45, 2.75) is 6.42 Å². The first-order chi connectivity index (χ1) is 13.5. The van der Waals surface area contributed by atoms with Crippen molar-refractivity contribution in [2.24, 2.45) is 0 Å². The van der Waals surface area contributed by atoms with Gasteiger partial charge in [0, 0.05) is 31.4 Å². The van der Waals surface area contributed by atoms with Crippen LogP contribution in [0.3, 0.4) is 0 Å². The highest BCUT2D eigenvalue weighted by atomic mass is 35.5. The number of carbonyl (C=O) groups is 1. The van der Waals surface area contributed by atoms with Crippen LogP contribution in [0, 0.1) is 0 Å². The molecule has 8 heteroatoms. The van der Waals surface area contributed by atoms with Crippen molar-refractivity contribution in [2.75, 3.05) is 20.8 Å². The summed E-state index contributed by atoms with van der Waals surface area (Å²) in [4.78, 5) is 16.5. The first-order valence-corrected chi connectivity index (χ1v) is 9.26.